The Balaban J connectivity index is 2.12. The average Bonchev–Trinajstić information content (AvgIpc) is 2.65. The Kier molecular flexibility index (Phi) is 4.79. The number of nitrogens with one attached hydrogen (secondary N) is 2. The quantitative estimate of drug-likeness (QED) is 0.877. The molecule has 108 valence electrons. The number of nitrogens with zero attached hydrogens (tertiary/aromatic N) is 2. The van der Waals surface area contributed by atoms with E-state index >= 15 is 0 Å². The van der Waals surface area contributed by atoms with Crippen LogP contribution in [0.4, 0.5) is 5.82 Å². The topological polar surface area (TPSA) is 74.3 Å². The van der Waals surface area contributed by atoms with Gasteiger partial charge in [-0.1, -0.05) is 11.6 Å². The van der Waals surface area contributed by atoms with E-state index in [1.165, 1.54) is 6.20 Å². The molecule has 7 heteroatoms. The van der Waals surface area contributed by atoms with Crippen LogP contribution in [0.3, 0.4) is 0 Å². The molecule has 1 aliphatic rings. The molecule has 1 fully saturated rings. The second-order valence-corrected chi connectivity index (χ2v) is 4.88. The smallest absolute Gasteiger partial charge is 0.255 e. The number of anilines is 1. The Hall–Kier alpha value is -1.82. The summed E-state index contributed by atoms with van der Waals surface area (Å²) in [6.07, 6.45) is 1.83. The molecule has 20 heavy (non-hydrogen) atoms. The van der Waals surface area contributed by atoms with Gasteiger partial charge in [0.15, 0.2) is 0 Å². The van der Waals surface area contributed by atoms with Crippen LogP contribution in [-0.4, -0.2) is 47.9 Å². The van der Waals surface area contributed by atoms with Gasteiger partial charge in [-0.25, -0.2) is 4.98 Å². The van der Waals surface area contributed by atoms with Gasteiger partial charge in [-0.05, 0) is 13.0 Å². The lowest BCUT2D eigenvalue weighted by molar-refractivity contribution is -0.120. The first-order valence-electron chi connectivity index (χ1n) is 6.57. The predicted octanol–water partition coefficient (Wildman–Crippen LogP) is 1.13. The number of carbonyl (C=O) groups excluding carboxylic acids is 2. The Morgan fingerprint density at radius 3 is 3.05 bits per heavy atom. The molecule has 1 saturated heterocycles. The molecule has 1 aromatic rings. The fourth-order valence-electron chi connectivity index (χ4n) is 2.01. The van der Waals surface area contributed by atoms with Crippen molar-refractivity contribution in [2.75, 3.05) is 31.5 Å². The molecule has 0 saturated carbocycles. The van der Waals surface area contributed by atoms with Crippen LogP contribution in [0.25, 0.3) is 0 Å². The summed E-state index contributed by atoms with van der Waals surface area (Å²) in [6, 6.07) is 1.61. The van der Waals surface area contributed by atoms with Crippen LogP contribution < -0.4 is 10.6 Å². The van der Waals surface area contributed by atoms with Crippen molar-refractivity contribution >= 4 is 29.2 Å². The van der Waals surface area contributed by atoms with Gasteiger partial charge >= 0.3 is 0 Å². The monoisotopic (exact) mass is 296 g/mol. The second kappa shape index (κ2) is 6.56. The molecule has 2 N–H and O–H groups in total. The van der Waals surface area contributed by atoms with Crippen molar-refractivity contribution in [2.45, 2.75) is 13.3 Å². The van der Waals surface area contributed by atoms with Gasteiger partial charge < -0.3 is 15.5 Å². The largest absolute Gasteiger partial charge is 0.369 e. The summed E-state index contributed by atoms with van der Waals surface area (Å²) in [5.41, 5.74) is 0.436. The maximum Gasteiger partial charge on any atom is 0.255 e. The third-order valence-corrected chi connectivity index (χ3v) is 3.32. The minimum atomic E-state index is -0.154. The second-order valence-electron chi connectivity index (χ2n) is 4.48. The maximum atomic E-state index is 12.3. The van der Waals surface area contributed by atoms with Gasteiger partial charge in [0.2, 0.25) is 5.91 Å². The van der Waals surface area contributed by atoms with Crippen molar-refractivity contribution < 1.29 is 9.59 Å². The molecule has 1 aromatic heterocycles. The summed E-state index contributed by atoms with van der Waals surface area (Å²) in [5.74, 6) is 0.385. The van der Waals surface area contributed by atoms with E-state index < -0.39 is 0 Å². The fraction of sp³-hybridized carbons (Fsp3) is 0.462. The van der Waals surface area contributed by atoms with Crippen LogP contribution in [0.5, 0.6) is 0 Å². The number of aromatic nitrogens is 1. The third-order valence-electron chi connectivity index (χ3n) is 3.03. The van der Waals surface area contributed by atoms with Crippen molar-refractivity contribution in [3.63, 3.8) is 0 Å². The summed E-state index contributed by atoms with van der Waals surface area (Å²) in [4.78, 5) is 29.4. The maximum absolute atomic E-state index is 12.3. The molecular formula is C13H17ClN4O2. The SMILES string of the molecule is CCNc1ncc(C(=O)N2CCNC(=O)CC2)cc1Cl. The van der Waals surface area contributed by atoms with Gasteiger partial charge in [-0.2, -0.15) is 0 Å². The zero-order valence-corrected chi connectivity index (χ0v) is 12.0. The molecule has 0 bridgehead atoms. The van der Waals surface area contributed by atoms with E-state index in [-0.39, 0.29) is 11.8 Å². The van der Waals surface area contributed by atoms with Crippen LogP contribution in [0.2, 0.25) is 5.02 Å². The van der Waals surface area contributed by atoms with E-state index in [4.69, 9.17) is 11.6 Å². The highest BCUT2D eigenvalue weighted by atomic mass is 35.5. The molecule has 0 unspecified atom stereocenters. The predicted molar refractivity (Wildman–Crippen MR) is 76.9 cm³/mol. The van der Waals surface area contributed by atoms with Gasteiger partial charge in [0.25, 0.3) is 5.91 Å². The zero-order valence-electron chi connectivity index (χ0n) is 11.3. The Morgan fingerprint density at radius 1 is 1.55 bits per heavy atom. The Labute approximate surface area is 122 Å². The standard InChI is InChI=1S/C13H17ClN4O2/c1-2-15-12-10(14)7-9(8-17-12)13(20)18-5-3-11(19)16-4-6-18/h7-8H,2-6H2,1H3,(H,15,17)(H,16,19). The van der Waals surface area contributed by atoms with Crippen molar-refractivity contribution in [1.82, 2.24) is 15.2 Å². The molecule has 0 aromatic carbocycles. The van der Waals surface area contributed by atoms with Crippen molar-refractivity contribution in [3.8, 4) is 0 Å². The lowest BCUT2D eigenvalue weighted by Crippen LogP contribution is -2.34. The minimum Gasteiger partial charge on any atom is -0.369 e. The van der Waals surface area contributed by atoms with Crippen molar-refractivity contribution in [3.05, 3.63) is 22.8 Å². The van der Waals surface area contributed by atoms with Crippen LogP contribution >= 0.6 is 11.6 Å². The molecule has 0 aliphatic carbocycles. The number of rotatable bonds is 3. The van der Waals surface area contributed by atoms with Crippen LogP contribution in [0.15, 0.2) is 12.3 Å². The number of amides is 2. The first-order valence-corrected chi connectivity index (χ1v) is 6.95. The molecule has 0 spiro atoms. The normalized spacial score (nSPS) is 15.5. The minimum absolute atomic E-state index is 0.0287. The lowest BCUT2D eigenvalue weighted by atomic mass is 10.2. The highest BCUT2D eigenvalue weighted by Gasteiger charge is 2.20. The molecule has 1 aliphatic heterocycles. The third kappa shape index (κ3) is 3.39. The van der Waals surface area contributed by atoms with Gasteiger partial charge in [-0.3, -0.25) is 9.59 Å². The molecule has 2 heterocycles. The molecule has 0 atom stereocenters. The Bertz CT molecular complexity index is 521. The average molecular weight is 297 g/mol. The highest BCUT2D eigenvalue weighted by Crippen LogP contribution is 2.20. The van der Waals surface area contributed by atoms with Crippen LogP contribution in [0, 0.1) is 0 Å². The summed E-state index contributed by atoms with van der Waals surface area (Å²) < 4.78 is 0. The van der Waals surface area contributed by atoms with E-state index in [1.807, 2.05) is 6.92 Å². The number of halogens is 1. The highest BCUT2D eigenvalue weighted by molar-refractivity contribution is 6.33. The molecule has 6 nitrogen and oxygen atoms in total. The number of hydrogen-bond donors (Lipinski definition) is 2. The molecule has 0 radical (unpaired) electrons. The van der Waals surface area contributed by atoms with Crippen molar-refractivity contribution in [2.24, 2.45) is 0 Å². The first kappa shape index (κ1) is 14.6. The van der Waals surface area contributed by atoms with Gasteiger partial charge in [-0.15, -0.1) is 0 Å². The summed E-state index contributed by atoms with van der Waals surface area (Å²) in [7, 11) is 0. The number of pyridine rings is 1. The van der Waals surface area contributed by atoms with E-state index in [1.54, 1.807) is 11.0 Å². The van der Waals surface area contributed by atoms with Gasteiger partial charge in [0.1, 0.15) is 5.82 Å². The summed E-state index contributed by atoms with van der Waals surface area (Å²) in [6.45, 7) is 4.04. The molecular weight excluding hydrogens is 280 g/mol. The summed E-state index contributed by atoms with van der Waals surface area (Å²) >= 11 is 6.08. The van der Waals surface area contributed by atoms with Gasteiger partial charge in [0, 0.05) is 38.8 Å². The Morgan fingerprint density at radius 2 is 2.35 bits per heavy atom. The fourth-order valence-corrected chi connectivity index (χ4v) is 2.24. The first-order chi connectivity index (χ1) is 9.61. The molecule has 2 amide bonds. The van der Waals surface area contributed by atoms with E-state index in [9.17, 15) is 9.59 Å². The van der Waals surface area contributed by atoms with Crippen LogP contribution in [-0.2, 0) is 4.79 Å². The van der Waals surface area contributed by atoms with Gasteiger partial charge in [0.05, 0.1) is 10.6 Å². The molecule has 2 rings (SSSR count). The zero-order chi connectivity index (χ0) is 14.5. The number of carbonyl (C=O) groups is 2. The summed E-state index contributed by atoms with van der Waals surface area (Å²) in [5, 5.41) is 6.17. The van der Waals surface area contributed by atoms with Crippen molar-refractivity contribution in [1.29, 1.82) is 0 Å². The van der Waals surface area contributed by atoms with Crippen LogP contribution in [0.1, 0.15) is 23.7 Å². The van der Waals surface area contributed by atoms with E-state index in [2.05, 4.69) is 15.6 Å². The van der Waals surface area contributed by atoms with E-state index in [0.717, 1.165) is 0 Å². The lowest BCUT2D eigenvalue weighted by Gasteiger charge is -2.19. The van der Waals surface area contributed by atoms with E-state index in [0.29, 0.717) is 49.0 Å². The number of hydrogen-bond acceptors (Lipinski definition) is 4.